The molecule has 306 valence electrons. The summed E-state index contributed by atoms with van der Waals surface area (Å²) < 4.78 is 52.0. The molecule has 0 bridgehead atoms. The largest absolute Gasteiger partial charge is 0.340 e. The molecule has 0 radical (unpaired) electrons. The Kier molecular flexibility index (Phi) is 11.9. The van der Waals surface area contributed by atoms with Crippen molar-refractivity contribution in [3.05, 3.63) is 145 Å². The minimum atomic E-state index is -3.24. The molecule has 12 heteroatoms. The SMILES string of the molecule is CS(=O)(=O)c1ccc(N/N=C/c2ccc3c(c2)c2ccccc2n3CCCCCCCCn2c3ccccc3c3cc(/C=N/Nc4ccc(S(C)(=O)=O)cc4)ccc32)cc1. The molecule has 8 rings (SSSR count). The second-order valence-electron chi connectivity index (χ2n) is 15.3. The summed E-state index contributed by atoms with van der Waals surface area (Å²) in [6, 6.07) is 43.2. The van der Waals surface area contributed by atoms with Gasteiger partial charge in [-0.25, -0.2) is 16.8 Å². The molecule has 6 aromatic carbocycles. The van der Waals surface area contributed by atoms with Gasteiger partial charge >= 0.3 is 0 Å². The van der Waals surface area contributed by atoms with Gasteiger partial charge in [0.05, 0.1) is 33.6 Å². The van der Waals surface area contributed by atoms with Crippen LogP contribution >= 0.6 is 0 Å². The normalized spacial score (nSPS) is 12.5. The Morgan fingerprint density at radius 2 is 0.817 bits per heavy atom. The minimum Gasteiger partial charge on any atom is -0.340 e. The van der Waals surface area contributed by atoms with Gasteiger partial charge in [-0.2, -0.15) is 10.2 Å². The number of rotatable bonds is 17. The molecule has 0 saturated heterocycles. The number of anilines is 2. The predicted molar refractivity (Wildman–Crippen MR) is 248 cm³/mol. The van der Waals surface area contributed by atoms with Gasteiger partial charge in [0, 0.05) is 69.2 Å². The van der Waals surface area contributed by atoms with E-state index in [0.29, 0.717) is 11.4 Å². The summed E-state index contributed by atoms with van der Waals surface area (Å²) in [5.41, 5.74) is 14.3. The van der Waals surface area contributed by atoms with Crippen molar-refractivity contribution >= 4 is 87.1 Å². The van der Waals surface area contributed by atoms with E-state index in [4.69, 9.17) is 0 Å². The summed E-state index contributed by atoms with van der Waals surface area (Å²) in [6.07, 6.45) is 13.0. The molecule has 0 spiro atoms. The van der Waals surface area contributed by atoms with E-state index in [9.17, 15) is 16.8 Å². The van der Waals surface area contributed by atoms with Crippen LogP contribution in [0.5, 0.6) is 0 Å². The van der Waals surface area contributed by atoms with E-state index >= 15 is 0 Å². The molecule has 2 heterocycles. The number of fused-ring (bicyclic) bond motifs is 6. The van der Waals surface area contributed by atoms with Crippen molar-refractivity contribution in [3.63, 3.8) is 0 Å². The zero-order chi connectivity index (χ0) is 41.7. The number of sulfone groups is 2. The molecule has 60 heavy (non-hydrogen) atoms. The Morgan fingerprint density at radius 3 is 1.22 bits per heavy atom. The molecule has 0 aliphatic rings. The number of hydrogen-bond acceptors (Lipinski definition) is 8. The van der Waals surface area contributed by atoms with Crippen LogP contribution in [0.4, 0.5) is 11.4 Å². The highest BCUT2D eigenvalue weighted by molar-refractivity contribution is 7.91. The van der Waals surface area contributed by atoms with E-state index in [2.05, 4.69) is 115 Å². The van der Waals surface area contributed by atoms with E-state index in [1.165, 1.54) is 81.8 Å². The van der Waals surface area contributed by atoms with Crippen LogP contribution in [0.3, 0.4) is 0 Å². The number of hydrazone groups is 2. The van der Waals surface area contributed by atoms with Crippen LogP contribution in [0.1, 0.15) is 49.7 Å². The number of para-hydroxylation sites is 2. The maximum Gasteiger partial charge on any atom is 0.175 e. The fourth-order valence-electron chi connectivity index (χ4n) is 7.95. The third kappa shape index (κ3) is 9.15. The highest BCUT2D eigenvalue weighted by Crippen LogP contribution is 2.32. The Balaban J connectivity index is 0.838. The lowest BCUT2D eigenvalue weighted by Crippen LogP contribution is -1.99. The Hall–Kier alpha value is -6.24. The molecule has 2 N–H and O–H groups in total. The van der Waals surface area contributed by atoms with Gasteiger partial charge in [-0.3, -0.25) is 10.9 Å². The molecule has 0 unspecified atom stereocenters. The number of nitrogens with zero attached hydrogens (tertiary/aromatic N) is 4. The van der Waals surface area contributed by atoms with Crippen LogP contribution in [0.2, 0.25) is 0 Å². The highest BCUT2D eigenvalue weighted by Gasteiger charge is 2.13. The molecule has 0 fully saturated rings. The molecule has 0 atom stereocenters. The quantitative estimate of drug-likeness (QED) is 0.0534. The monoisotopic (exact) mass is 836 g/mol. The van der Waals surface area contributed by atoms with Crippen LogP contribution in [0.15, 0.2) is 153 Å². The van der Waals surface area contributed by atoms with Gasteiger partial charge in [0.1, 0.15) is 0 Å². The topological polar surface area (TPSA) is 127 Å². The van der Waals surface area contributed by atoms with Crippen molar-refractivity contribution in [2.45, 2.75) is 61.4 Å². The summed E-state index contributed by atoms with van der Waals surface area (Å²) in [5, 5.41) is 13.7. The summed E-state index contributed by atoms with van der Waals surface area (Å²) in [7, 11) is -6.48. The van der Waals surface area contributed by atoms with Crippen LogP contribution in [-0.2, 0) is 32.8 Å². The van der Waals surface area contributed by atoms with Gasteiger partial charge in [-0.15, -0.1) is 0 Å². The third-order valence-corrected chi connectivity index (χ3v) is 13.2. The van der Waals surface area contributed by atoms with Crippen LogP contribution in [0, 0.1) is 0 Å². The van der Waals surface area contributed by atoms with E-state index in [0.717, 1.165) is 37.1 Å². The smallest absolute Gasteiger partial charge is 0.175 e. The molecular formula is C48H48N6O4S2. The van der Waals surface area contributed by atoms with E-state index in [-0.39, 0.29) is 9.79 Å². The summed E-state index contributed by atoms with van der Waals surface area (Å²) in [4.78, 5) is 0.558. The highest BCUT2D eigenvalue weighted by atomic mass is 32.2. The van der Waals surface area contributed by atoms with Crippen molar-refractivity contribution in [2.24, 2.45) is 10.2 Å². The zero-order valence-electron chi connectivity index (χ0n) is 33.8. The number of unbranched alkanes of at least 4 members (excludes halogenated alkanes) is 5. The fraction of sp³-hybridized carbons (Fsp3) is 0.208. The molecule has 2 aromatic heterocycles. The van der Waals surface area contributed by atoms with Gasteiger partial charge < -0.3 is 9.13 Å². The van der Waals surface area contributed by atoms with Gasteiger partial charge in [0.15, 0.2) is 19.7 Å². The lowest BCUT2D eigenvalue weighted by molar-refractivity contribution is 0.545. The average Bonchev–Trinajstić information content (AvgIpc) is 3.73. The lowest BCUT2D eigenvalue weighted by atomic mass is 10.1. The second-order valence-corrected chi connectivity index (χ2v) is 19.4. The van der Waals surface area contributed by atoms with Gasteiger partial charge in [0.2, 0.25) is 0 Å². The van der Waals surface area contributed by atoms with Crippen molar-refractivity contribution in [3.8, 4) is 0 Å². The number of hydrogen-bond donors (Lipinski definition) is 2. The molecule has 0 amide bonds. The van der Waals surface area contributed by atoms with Gasteiger partial charge in [-0.1, -0.05) is 74.2 Å². The fourth-order valence-corrected chi connectivity index (χ4v) is 9.21. The third-order valence-electron chi connectivity index (χ3n) is 11.0. The molecule has 8 aromatic rings. The molecule has 0 saturated carbocycles. The van der Waals surface area contributed by atoms with E-state index in [1.807, 2.05) is 0 Å². The first-order valence-corrected chi connectivity index (χ1v) is 24.0. The van der Waals surface area contributed by atoms with E-state index < -0.39 is 19.7 Å². The molecular weight excluding hydrogens is 789 g/mol. The average molecular weight is 837 g/mol. The van der Waals surface area contributed by atoms with Crippen LogP contribution in [-0.4, -0.2) is 50.9 Å². The first kappa shape index (κ1) is 40.5. The lowest BCUT2D eigenvalue weighted by Gasteiger charge is -2.09. The number of aryl methyl sites for hydroxylation is 2. The Bertz CT molecular complexity index is 2880. The first-order valence-electron chi connectivity index (χ1n) is 20.2. The summed E-state index contributed by atoms with van der Waals surface area (Å²) in [6.45, 7) is 1.93. The zero-order valence-corrected chi connectivity index (χ0v) is 35.4. The minimum absolute atomic E-state index is 0.279. The predicted octanol–water partition coefficient (Wildman–Crippen LogP) is 10.6. The standard InChI is InChI=1S/C48H48N6O4S2/c1-59(55,56)39-23-19-37(20-24-39)51-49-33-35-17-27-47-43(31-35)41-13-7-9-15-45(41)53(47)29-11-5-3-4-6-12-30-54-46-16-10-8-14-42(46)44-32-36(18-28-48(44)54)34-50-52-38-21-25-40(26-22-38)60(2,57)58/h7-10,13-28,31-34,51-52H,3-6,11-12,29-30H2,1-2H3/b49-33+,50-34+. The summed E-state index contributed by atoms with van der Waals surface area (Å²) >= 11 is 0. The number of aromatic nitrogens is 2. The Morgan fingerprint density at radius 1 is 0.450 bits per heavy atom. The first-order chi connectivity index (χ1) is 29.0. The maximum absolute atomic E-state index is 11.8. The number of benzene rings is 6. The maximum atomic E-state index is 11.8. The van der Waals surface area contributed by atoms with Crippen molar-refractivity contribution in [1.29, 1.82) is 0 Å². The van der Waals surface area contributed by atoms with Crippen molar-refractivity contribution in [2.75, 3.05) is 23.4 Å². The molecule has 0 aliphatic heterocycles. The van der Waals surface area contributed by atoms with Crippen LogP contribution in [0.25, 0.3) is 43.6 Å². The summed E-state index contributed by atoms with van der Waals surface area (Å²) in [5.74, 6) is 0. The van der Waals surface area contributed by atoms with Crippen molar-refractivity contribution < 1.29 is 16.8 Å². The Labute approximate surface area is 351 Å². The van der Waals surface area contributed by atoms with Crippen molar-refractivity contribution in [1.82, 2.24) is 9.13 Å². The van der Waals surface area contributed by atoms with Gasteiger partial charge in [0.25, 0.3) is 0 Å². The molecule has 0 aliphatic carbocycles. The van der Waals surface area contributed by atoms with Crippen LogP contribution < -0.4 is 10.9 Å². The molecule has 10 nitrogen and oxygen atoms in total. The van der Waals surface area contributed by atoms with E-state index in [1.54, 1.807) is 61.0 Å². The second kappa shape index (κ2) is 17.5. The van der Waals surface area contributed by atoms with Gasteiger partial charge in [-0.05, 0) is 109 Å². The number of nitrogens with one attached hydrogen (secondary N) is 2.